The summed E-state index contributed by atoms with van der Waals surface area (Å²) in [5, 5.41) is 8.04. The number of aromatic nitrogens is 3. The van der Waals surface area contributed by atoms with Crippen LogP contribution < -0.4 is 5.73 Å². The molecule has 1 aromatic heterocycles. The van der Waals surface area contributed by atoms with E-state index in [2.05, 4.69) is 10.3 Å². The molecule has 2 rings (SSSR count). The Bertz CT molecular complexity index is 304. The van der Waals surface area contributed by atoms with Crippen LogP contribution in [0.1, 0.15) is 37.9 Å². The van der Waals surface area contributed by atoms with Crippen molar-refractivity contribution in [3.63, 3.8) is 0 Å². The van der Waals surface area contributed by atoms with E-state index in [0.29, 0.717) is 6.10 Å². The molecular weight excluding hydrogens is 192 g/mol. The topological polar surface area (TPSA) is 66.0 Å². The number of ether oxygens (including phenoxy) is 1. The van der Waals surface area contributed by atoms with Gasteiger partial charge in [-0.1, -0.05) is 5.21 Å². The van der Waals surface area contributed by atoms with Crippen molar-refractivity contribution in [2.75, 3.05) is 6.61 Å². The highest BCUT2D eigenvalue weighted by atomic mass is 16.5. The minimum Gasteiger partial charge on any atom is -0.378 e. The van der Waals surface area contributed by atoms with Crippen molar-refractivity contribution in [1.29, 1.82) is 0 Å². The average Bonchev–Trinajstić information content (AvgIpc) is 2.86. The van der Waals surface area contributed by atoms with E-state index in [0.717, 1.165) is 25.3 Å². The Morgan fingerprint density at radius 3 is 3.20 bits per heavy atom. The van der Waals surface area contributed by atoms with Crippen LogP contribution in [0.3, 0.4) is 0 Å². The Balaban J connectivity index is 1.82. The maximum absolute atomic E-state index is 5.70. The fraction of sp³-hybridized carbons (Fsp3) is 0.800. The monoisotopic (exact) mass is 210 g/mol. The number of aryl methyl sites for hydroxylation is 1. The molecule has 15 heavy (non-hydrogen) atoms. The van der Waals surface area contributed by atoms with Crippen LogP contribution in [0.2, 0.25) is 0 Å². The summed E-state index contributed by atoms with van der Waals surface area (Å²) in [6, 6.07) is -0.0403. The van der Waals surface area contributed by atoms with Gasteiger partial charge < -0.3 is 10.5 Å². The molecule has 2 heterocycles. The van der Waals surface area contributed by atoms with Gasteiger partial charge in [0, 0.05) is 19.2 Å². The number of nitrogens with zero attached hydrogens (tertiary/aromatic N) is 3. The third-order valence-electron chi connectivity index (χ3n) is 2.73. The number of hydrogen-bond donors (Lipinski definition) is 1. The lowest BCUT2D eigenvalue weighted by Crippen LogP contribution is -2.10. The molecule has 84 valence electrons. The van der Waals surface area contributed by atoms with Gasteiger partial charge in [-0.05, 0) is 26.2 Å². The Morgan fingerprint density at radius 2 is 2.60 bits per heavy atom. The van der Waals surface area contributed by atoms with Crippen molar-refractivity contribution >= 4 is 0 Å². The highest BCUT2D eigenvalue weighted by Crippen LogP contribution is 2.16. The van der Waals surface area contributed by atoms with Gasteiger partial charge in [-0.3, -0.25) is 4.68 Å². The summed E-state index contributed by atoms with van der Waals surface area (Å²) in [5.41, 5.74) is 6.55. The maximum atomic E-state index is 5.70. The first kappa shape index (κ1) is 10.6. The van der Waals surface area contributed by atoms with Crippen molar-refractivity contribution in [2.45, 2.75) is 44.9 Å². The smallest absolute Gasteiger partial charge is 0.0991 e. The van der Waals surface area contributed by atoms with Gasteiger partial charge >= 0.3 is 0 Å². The normalized spacial score (nSPS) is 23.2. The third kappa shape index (κ3) is 2.76. The summed E-state index contributed by atoms with van der Waals surface area (Å²) >= 11 is 0. The number of rotatable bonds is 4. The van der Waals surface area contributed by atoms with E-state index in [-0.39, 0.29) is 6.04 Å². The average molecular weight is 210 g/mol. The van der Waals surface area contributed by atoms with Crippen molar-refractivity contribution < 1.29 is 4.74 Å². The molecular formula is C10H18N4O. The summed E-state index contributed by atoms with van der Waals surface area (Å²) in [6.07, 6.45) is 5.71. The first-order valence-corrected chi connectivity index (χ1v) is 5.53. The van der Waals surface area contributed by atoms with Gasteiger partial charge in [0.05, 0.1) is 18.0 Å². The van der Waals surface area contributed by atoms with Crippen LogP contribution in [-0.4, -0.2) is 27.7 Å². The molecule has 1 aromatic rings. The van der Waals surface area contributed by atoms with Crippen molar-refractivity contribution in [3.8, 4) is 0 Å². The highest BCUT2D eigenvalue weighted by Gasteiger charge is 2.15. The van der Waals surface area contributed by atoms with Crippen LogP contribution >= 0.6 is 0 Å². The molecule has 1 fully saturated rings. The first-order valence-electron chi connectivity index (χ1n) is 5.53. The zero-order valence-corrected chi connectivity index (χ0v) is 9.09. The van der Waals surface area contributed by atoms with Crippen LogP contribution in [-0.2, 0) is 11.3 Å². The predicted octanol–water partition coefficient (Wildman–Crippen LogP) is 0.867. The van der Waals surface area contributed by atoms with Gasteiger partial charge in [0.15, 0.2) is 0 Å². The molecule has 1 aliphatic heterocycles. The molecule has 0 amide bonds. The van der Waals surface area contributed by atoms with Gasteiger partial charge in [-0.25, -0.2) is 0 Å². The van der Waals surface area contributed by atoms with Crippen LogP contribution in [0.15, 0.2) is 6.20 Å². The lowest BCUT2D eigenvalue weighted by molar-refractivity contribution is 0.0993. The van der Waals surface area contributed by atoms with E-state index in [1.54, 1.807) is 0 Å². The SMILES string of the molecule is CC(N)c1cn(CCC2CCCO2)nn1. The van der Waals surface area contributed by atoms with Gasteiger partial charge in [-0.15, -0.1) is 5.10 Å². The molecule has 5 nitrogen and oxygen atoms in total. The van der Waals surface area contributed by atoms with E-state index in [1.807, 2.05) is 17.8 Å². The summed E-state index contributed by atoms with van der Waals surface area (Å²) in [7, 11) is 0. The molecule has 2 unspecified atom stereocenters. The standard InChI is InChI=1S/C10H18N4O/c1-8(11)10-7-14(13-12-10)5-4-9-3-2-6-15-9/h7-9H,2-6,11H2,1H3. The highest BCUT2D eigenvalue weighted by molar-refractivity contribution is 4.97. The fourth-order valence-corrected chi connectivity index (χ4v) is 1.78. The van der Waals surface area contributed by atoms with E-state index in [4.69, 9.17) is 10.5 Å². The van der Waals surface area contributed by atoms with E-state index >= 15 is 0 Å². The number of nitrogens with two attached hydrogens (primary N) is 1. The van der Waals surface area contributed by atoms with Crippen LogP contribution in [0.4, 0.5) is 0 Å². The molecule has 2 N–H and O–H groups in total. The van der Waals surface area contributed by atoms with Gasteiger partial charge in [-0.2, -0.15) is 0 Å². The fourth-order valence-electron chi connectivity index (χ4n) is 1.78. The lowest BCUT2D eigenvalue weighted by atomic mass is 10.2. The molecule has 5 heteroatoms. The van der Waals surface area contributed by atoms with Crippen LogP contribution in [0.5, 0.6) is 0 Å². The lowest BCUT2D eigenvalue weighted by Gasteiger charge is -2.07. The summed E-state index contributed by atoms with van der Waals surface area (Å²) in [5.74, 6) is 0. The minimum absolute atomic E-state index is 0.0403. The van der Waals surface area contributed by atoms with Gasteiger partial charge in [0.25, 0.3) is 0 Å². The molecule has 2 atom stereocenters. The Hall–Kier alpha value is -0.940. The van der Waals surface area contributed by atoms with Gasteiger partial charge in [0.1, 0.15) is 0 Å². The van der Waals surface area contributed by atoms with Crippen molar-refractivity contribution in [3.05, 3.63) is 11.9 Å². The Morgan fingerprint density at radius 1 is 1.73 bits per heavy atom. The predicted molar refractivity (Wildman–Crippen MR) is 56.2 cm³/mol. The van der Waals surface area contributed by atoms with Crippen LogP contribution in [0, 0.1) is 0 Å². The molecule has 0 aliphatic carbocycles. The van der Waals surface area contributed by atoms with Crippen molar-refractivity contribution in [1.82, 2.24) is 15.0 Å². The molecule has 0 aromatic carbocycles. The minimum atomic E-state index is -0.0403. The largest absolute Gasteiger partial charge is 0.378 e. The number of hydrogen-bond acceptors (Lipinski definition) is 4. The Kier molecular flexibility index (Phi) is 3.33. The zero-order valence-electron chi connectivity index (χ0n) is 9.09. The summed E-state index contributed by atoms with van der Waals surface area (Å²) in [4.78, 5) is 0. The molecule has 0 bridgehead atoms. The van der Waals surface area contributed by atoms with E-state index in [1.165, 1.54) is 12.8 Å². The molecule has 0 spiro atoms. The second-order valence-corrected chi connectivity index (χ2v) is 4.12. The van der Waals surface area contributed by atoms with Crippen LogP contribution in [0.25, 0.3) is 0 Å². The van der Waals surface area contributed by atoms with Crippen molar-refractivity contribution in [2.24, 2.45) is 5.73 Å². The Labute approximate surface area is 89.6 Å². The maximum Gasteiger partial charge on any atom is 0.0991 e. The third-order valence-corrected chi connectivity index (χ3v) is 2.73. The molecule has 1 aliphatic rings. The van der Waals surface area contributed by atoms with Gasteiger partial charge in [0.2, 0.25) is 0 Å². The quantitative estimate of drug-likeness (QED) is 0.800. The summed E-state index contributed by atoms with van der Waals surface area (Å²) in [6.45, 7) is 3.69. The zero-order chi connectivity index (χ0) is 10.7. The van der Waals surface area contributed by atoms with E-state index < -0.39 is 0 Å². The molecule has 0 saturated carbocycles. The second-order valence-electron chi connectivity index (χ2n) is 4.12. The molecule has 1 saturated heterocycles. The second kappa shape index (κ2) is 4.72. The van der Waals surface area contributed by atoms with E-state index in [9.17, 15) is 0 Å². The molecule has 0 radical (unpaired) electrons. The first-order chi connectivity index (χ1) is 7.25. The summed E-state index contributed by atoms with van der Waals surface area (Å²) < 4.78 is 7.39.